The molecule has 1 N–H and O–H groups in total. The van der Waals surface area contributed by atoms with Crippen LogP contribution in [-0.4, -0.2) is 25.6 Å². The standard InChI is InChI=1S/C6H10ClF2NO2S/c7-4-13(11,12)10-5-1-2-6(8,9)3-5/h5,10H,1-4H2. The summed E-state index contributed by atoms with van der Waals surface area (Å²) >= 11 is 5.10. The van der Waals surface area contributed by atoms with Gasteiger partial charge in [-0.3, -0.25) is 0 Å². The topological polar surface area (TPSA) is 46.2 Å². The summed E-state index contributed by atoms with van der Waals surface area (Å²) in [6, 6.07) is -0.668. The Morgan fingerprint density at radius 3 is 2.54 bits per heavy atom. The van der Waals surface area contributed by atoms with E-state index < -0.39 is 33.6 Å². The third-order valence-corrected chi connectivity index (χ3v) is 3.74. The molecule has 1 aliphatic rings. The van der Waals surface area contributed by atoms with E-state index in [1.807, 2.05) is 0 Å². The van der Waals surface area contributed by atoms with Crippen LogP contribution in [0.4, 0.5) is 8.78 Å². The summed E-state index contributed by atoms with van der Waals surface area (Å²) < 4.78 is 49.1. The zero-order chi connectivity index (χ0) is 10.1. The Morgan fingerprint density at radius 2 is 2.15 bits per heavy atom. The van der Waals surface area contributed by atoms with Crippen molar-refractivity contribution in [2.75, 3.05) is 5.21 Å². The minimum Gasteiger partial charge on any atom is -0.211 e. The molecule has 1 unspecified atom stereocenters. The highest BCUT2D eigenvalue weighted by atomic mass is 35.5. The lowest BCUT2D eigenvalue weighted by Gasteiger charge is -2.11. The van der Waals surface area contributed by atoms with Gasteiger partial charge in [-0.2, -0.15) is 0 Å². The van der Waals surface area contributed by atoms with Crippen molar-refractivity contribution in [3.63, 3.8) is 0 Å². The van der Waals surface area contributed by atoms with E-state index in [9.17, 15) is 17.2 Å². The molecule has 0 saturated heterocycles. The van der Waals surface area contributed by atoms with Gasteiger partial charge in [0.05, 0.1) is 0 Å². The van der Waals surface area contributed by atoms with Crippen molar-refractivity contribution in [3.8, 4) is 0 Å². The minimum atomic E-state index is -3.57. The maximum absolute atomic E-state index is 12.6. The Balaban J connectivity index is 2.50. The van der Waals surface area contributed by atoms with Crippen LogP contribution in [0.5, 0.6) is 0 Å². The van der Waals surface area contributed by atoms with Gasteiger partial charge >= 0.3 is 0 Å². The maximum atomic E-state index is 12.6. The summed E-state index contributed by atoms with van der Waals surface area (Å²) in [5.74, 6) is -2.74. The Kier molecular flexibility index (Phi) is 3.14. The van der Waals surface area contributed by atoms with Crippen LogP contribution >= 0.6 is 11.6 Å². The summed E-state index contributed by atoms with van der Waals surface area (Å²) in [5, 5.41) is -0.588. The van der Waals surface area contributed by atoms with E-state index in [-0.39, 0.29) is 12.8 Å². The second-order valence-corrected chi connectivity index (χ2v) is 5.48. The van der Waals surface area contributed by atoms with Crippen LogP contribution in [0.1, 0.15) is 19.3 Å². The summed E-state index contributed by atoms with van der Waals surface area (Å²) in [7, 11) is -3.57. The minimum absolute atomic E-state index is 0.170. The summed E-state index contributed by atoms with van der Waals surface area (Å²) in [5.41, 5.74) is 0. The molecule has 13 heavy (non-hydrogen) atoms. The van der Waals surface area contributed by atoms with Gasteiger partial charge in [-0.15, -0.1) is 11.6 Å². The highest BCUT2D eigenvalue weighted by molar-refractivity contribution is 7.90. The van der Waals surface area contributed by atoms with Crippen LogP contribution in [-0.2, 0) is 10.0 Å². The van der Waals surface area contributed by atoms with E-state index in [1.165, 1.54) is 0 Å². The molecule has 0 radical (unpaired) electrons. The van der Waals surface area contributed by atoms with Gasteiger partial charge in [-0.05, 0) is 6.42 Å². The summed E-state index contributed by atoms with van der Waals surface area (Å²) in [6.45, 7) is 0. The average Bonchev–Trinajstić information content (AvgIpc) is 2.29. The molecule has 0 amide bonds. The molecule has 0 bridgehead atoms. The first-order valence-electron chi connectivity index (χ1n) is 3.78. The molecule has 1 rings (SSSR count). The lowest BCUT2D eigenvalue weighted by Crippen LogP contribution is -2.34. The van der Waals surface area contributed by atoms with E-state index in [0.717, 1.165) is 0 Å². The largest absolute Gasteiger partial charge is 0.249 e. The van der Waals surface area contributed by atoms with Gasteiger partial charge in [0.1, 0.15) is 5.21 Å². The van der Waals surface area contributed by atoms with Crippen molar-refractivity contribution >= 4 is 21.6 Å². The van der Waals surface area contributed by atoms with E-state index in [4.69, 9.17) is 11.6 Å². The quantitative estimate of drug-likeness (QED) is 0.747. The zero-order valence-corrected chi connectivity index (χ0v) is 8.34. The number of hydrogen-bond acceptors (Lipinski definition) is 2. The second-order valence-electron chi connectivity index (χ2n) is 3.14. The van der Waals surface area contributed by atoms with Crippen LogP contribution in [0.2, 0.25) is 0 Å². The Morgan fingerprint density at radius 1 is 1.54 bits per heavy atom. The van der Waals surface area contributed by atoms with E-state index in [2.05, 4.69) is 4.72 Å². The van der Waals surface area contributed by atoms with Gasteiger partial charge in [0.15, 0.2) is 0 Å². The maximum Gasteiger partial charge on any atom is 0.249 e. The van der Waals surface area contributed by atoms with Crippen molar-refractivity contribution in [1.82, 2.24) is 4.72 Å². The van der Waals surface area contributed by atoms with E-state index in [0.29, 0.717) is 0 Å². The van der Waals surface area contributed by atoms with Gasteiger partial charge in [0, 0.05) is 18.9 Å². The smallest absolute Gasteiger partial charge is 0.211 e. The molecule has 7 heteroatoms. The van der Waals surface area contributed by atoms with Gasteiger partial charge in [0.2, 0.25) is 15.9 Å². The highest BCUT2D eigenvalue weighted by Crippen LogP contribution is 2.34. The van der Waals surface area contributed by atoms with Crippen LogP contribution < -0.4 is 4.72 Å². The SMILES string of the molecule is O=S(=O)(CCl)NC1CCC(F)(F)C1. The van der Waals surface area contributed by atoms with Gasteiger partial charge in [-0.1, -0.05) is 0 Å². The van der Waals surface area contributed by atoms with Gasteiger partial charge in [0.25, 0.3) is 0 Å². The van der Waals surface area contributed by atoms with E-state index in [1.54, 1.807) is 0 Å². The predicted octanol–water partition coefficient (Wildman–Crippen LogP) is 1.29. The number of alkyl halides is 3. The van der Waals surface area contributed by atoms with Crippen molar-refractivity contribution in [2.45, 2.75) is 31.2 Å². The lowest BCUT2D eigenvalue weighted by molar-refractivity contribution is 0.00761. The van der Waals surface area contributed by atoms with Crippen LogP contribution in [0.3, 0.4) is 0 Å². The zero-order valence-electron chi connectivity index (χ0n) is 6.76. The van der Waals surface area contributed by atoms with Crippen molar-refractivity contribution < 1.29 is 17.2 Å². The molecule has 0 heterocycles. The third-order valence-electron chi connectivity index (χ3n) is 1.89. The molecular weight excluding hydrogens is 224 g/mol. The summed E-state index contributed by atoms with van der Waals surface area (Å²) in [4.78, 5) is 0. The normalized spacial score (nSPS) is 27.8. The summed E-state index contributed by atoms with van der Waals surface area (Å²) in [6.07, 6.45) is -0.519. The molecule has 1 fully saturated rings. The number of sulfonamides is 1. The molecular formula is C6H10ClF2NO2S. The van der Waals surface area contributed by atoms with Crippen molar-refractivity contribution in [3.05, 3.63) is 0 Å². The van der Waals surface area contributed by atoms with Crippen molar-refractivity contribution in [1.29, 1.82) is 0 Å². The number of nitrogens with one attached hydrogen (secondary N) is 1. The molecule has 0 aliphatic heterocycles. The van der Waals surface area contributed by atoms with Gasteiger partial charge < -0.3 is 0 Å². The second kappa shape index (κ2) is 3.67. The molecule has 1 aliphatic carbocycles. The third kappa shape index (κ3) is 3.36. The predicted molar refractivity (Wildman–Crippen MR) is 45.4 cm³/mol. The molecule has 1 atom stereocenters. The molecule has 0 aromatic carbocycles. The Labute approximate surface area is 80.5 Å². The van der Waals surface area contributed by atoms with Crippen LogP contribution in [0, 0.1) is 0 Å². The highest BCUT2D eigenvalue weighted by Gasteiger charge is 2.40. The monoisotopic (exact) mass is 233 g/mol. The Bertz CT molecular complexity index is 280. The molecule has 3 nitrogen and oxygen atoms in total. The van der Waals surface area contributed by atoms with E-state index >= 15 is 0 Å². The molecule has 0 spiro atoms. The Hall–Kier alpha value is 0.0600. The lowest BCUT2D eigenvalue weighted by atomic mass is 10.3. The molecule has 0 aromatic heterocycles. The van der Waals surface area contributed by atoms with Crippen LogP contribution in [0.15, 0.2) is 0 Å². The first-order chi connectivity index (χ1) is 5.85. The fraction of sp³-hybridized carbons (Fsp3) is 1.00. The van der Waals surface area contributed by atoms with Crippen molar-refractivity contribution in [2.24, 2.45) is 0 Å². The molecule has 1 saturated carbocycles. The first-order valence-corrected chi connectivity index (χ1v) is 5.97. The van der Waals surface area contributed by atoms with Crippen LogP contribution in [0.25, 0.3) is 0 Å². The molecule has 78 valence electrons. The molecule has 0 aromatic rings. The number of hydrogen-bond donors (Lipinski definition) is 1. The number of rotatable bonds is 3. The first kappa shape index (κ1) is 11.1. The fourth-order valence-corrected chi connectivity index (χ4v) is 2.30. The average molecular weight is 234 g/mol. The fourth-order valence-electron chi connectivity index (χ4n) is 1.34. The van der Waals surface area contributed by atoms with Gasteiger partial charge in [-0.25, -0.2) is 21.9 Å². The number of halogens is 3.